The van der Waals surface area contributed by atoms with E-state index in [1.54, 1.807) is 5.38 Å². The third-order valence-corrected chi connectivity index (χ3v) is 4.60. The molecular formula is C11H15N3O5S2. The lowest BCUT2D eigenvalue weighted by atomic mass is 10.1. The number of hydrogen-bond donors (Lipinski definition) is 3. The minimum Gasteiger partial charge on any atom is -0.481 e. The van der Waals surface area contributed by atoms with Crippen LogP contribution in [0.4, 0.5) is 5.13 Å². The van der Waals surface area contributed by atoms with Crippen LogP contribution >= 0.6 is 11.3 Å². The molecule has 0 saturated heterocycles. The number of thiazole rings is 1. The van der Waals surface area contributed by atoms with Crippen LogP contribution in [0.1, 0.15) is 18.5 Å². The van der Waals surface area contributed by atoms with E-state index in [0.717, 1.165) is 17.6 Å². The van der Waals surface area contributed by atoms with Crippen LogP contribution < -0.4 is 10.0 Å². The van der Waals surface area contributed by atoms with Crippen molar-refractivity contribution in [1.82, 2.24) is 10.3 Å². The topological polar surface area (TPSA) is 125 Å². The van der Waals surface area contributed by atoms with E-state index in [9.17, 15) is 18.0 Å². The number of aliphatic carboxylic acids is 1. The van der Waals surface area contributed by atoms with Crippen LogP contribution in [0.15, 0.2) is 5.38 Å². The first-order chi connectivity index (χ1) is 9.70. The fourth-order valence-corrected chi connectivity index (χ4v) is 3.27. The molecule has 0 spiro atoms. The molecule has 1 aliphatic carbocycles. The lowest BCUT2D eigenvalue weighted by Crippen LogP contribution is -2.35. The Morgan fingerprint density at radius 1 is 1.48 bits per heavy atom. The highest BCUT2D eigenvalue weighted by molar-refractivity contribution is 7.92. The summed E-state index contributed by atoms with van der Waals surface area (Å²) >= 11 is 1.08. The normalized spacial score (nSPS) is 16.2. The highest BCUT2D eigenvalue weighted by Crippen LogP contribution is 2.45. The van der Waals surface area contributed by atoms with Crippen LogP contribution in [0.2, 0.25) is 0 Å². The molecule has 1 saturated carbocycles. The number of carboxylic acid groups (broad SMARTS) is 1. The Labute approximate surface area is 125 Å². The summed E-state index contributed by atoms with van der Waals surface area (Å²) in [6.07, 6.45) is 2.14. The summed E-state index contributed by atoms with van der Waals surface area (Å²) in [5, 5.41) is 13.3. The van der Waals surface area contributed by atoms with Crippen LogP contribution in [-0.2, 0) is 26.0 Å². The number of nitrogens with one attached hydrogen (secondary N) is 2. The zero-order valence-corrected chi connectivity index (χ0v) is 12.9. The fourth-order valence-electron chi connectivity index (χ4n) is 1.71. The second kappa shape index (κ2) is 5.60. The van der Waals surface area contributed by atoms with E-state index in [0.29, 0.717) is 18.5 Å². The molecule has 116 valence electrons. The van der Waals surface area contributed by atoms with E-state index in [4.69, 9.17) is 5.11 Å². The molecule has 0 radical (unpaired) electrons. The van der Waals surface area contributed by atoms with Gasteiger partial charge in [-0.05, 0) is 12.8 Å². The van der Waals surface area contributed by atoms with Crippen molar-refractivity contribution >= 4 is 38.4 Å². The van der Waals surface area contributed by atoms with Gasteiger partial charge in [0, 0.05) is 11.9 Å². The number of amides is 1. The second-order valence-electron chi connectivity index (χ2n) is 5.06. The molecule has 0 aromatic carbocycles. The molecule has 1 aromatic heterocycles. The molecule has 0 unspecified atom stereocenters. The summed E-state index contributed by atoms with van der Waals surface area (Å²) < 4.78 is 24.3. The molecule has 1 aromatic rings. The molecule has 21 heavy (non-hydrogen) atoms. The Morgan fingerprint density at radius 2 is 2.14 bits per heavy atom. The third kappa shape index (κ3) is 4.39. The number of rotatable bonds is 7. The van der Waals surface area contributed by atoms with Crippen LogP contribution in [0.3, 0.4) is 0 Å². The maximum atomic E-state index is 11.7. The van der Waals surface area contributed by atoms with Crippen molar-refractivity contribution in [1.29, 1.82) is 0 Å². The molecule has 1 fully saturated rings. The minimum absolute atomic E-state index is 0.0162. The average molecular weight is 333 g/mol. The standard InChI is InChI=1S/C11H15N3O5S2/c1-21(18,19)14-10-13-7(5-20-10)4-8(15)12-6-11(2-3-11)9(16)17/h5H,2-4,6H2,1H3,(H,12,15)(H,13,14)(H,16,17). The summed E-state index contributed by atoms with van der Waals surface area (Å²) in [5.74, 6) is -1.23. The highest BCUT2D eigenvalue weighted by atomic mass is 32.2. The number of carbonyl (C=O) groups excluding carboxylic acids is 1. The number of carboxylic acids is 1. The Morgan fingerprint density at radius 3 is 2.67 bits per heavy atom. The van der Waals surface area contributed by atoms with Gasteiger partial charge in [-0.2, -0.15) is 0 Å². The number of sulfonamides is 1. The van der Waals surface area contributed by atoms with Gasteiger partial charge in [0.2, 0.25) is 15.9 Å². The van der Waals surface area contributed by atoms with E-state index < -0.39 is 21.4 Å². The van der Waals surface area contributed by atoms with E-state index in [2.05, 4.69) is 15.0 Å². The largest absolute Gasteiger partial charge is 0.481 e. The molecule has 0 aliphatic heterocycles. The molecule has 10 heteroatoms. The van der Waals surface area contributed by atoms with E-state index in [1.807, 2.05) is 0 Å². The predicted molar refractivity (Wildman–Crippen MR) is 76.6 cm³/mol. The Kier molecular flexibility index (Phi) is 4.19. The van der Waals surface area contributed by atoms with Crippen LogP contribution in [0.5, 0.6) is 0 Å². The van der Waals surface area contributed by atoms with Gasteiger partial charge in [0.15, 0.2) is 5.13 Å². The molecular weight excluding hydrogens is 318 g/mol. The van der Waals surface area contributed by atoms with Crippen molar-refractivity contribution in [2.24, 2.45) is 5.41 Å². The van der Waals surface area contributed by atoms with Crippen LogP contribution in [0, 0.1) is 5.41 Å². The molecule has 1 heterocycles. The summed E-state index contributed by atoms with van der Waals surface area (Å²) in [7, 11) is -3.39. The van der Waals surface area contributed by atoms with Gasteiger partial charge in [0.1, 0.15) is 0 Å². The summed E-state index contributed by atoms with van der Waals surface area (Å²) in [6.45, 7) is 0.111. The first-order valence-corrected chi connectivity index (χ1v) is 8.90. The molecule has 3 N–H and O–H groups in total. The first kappa shape index (κ1) is 15.7. The van der Waals surface area contributed by atoms with Crippen LogP contribution in [0.25, 0.3) is 0 Å². The van der Waals surface area contributed by atoms with Gasteiger partial charge in [-0.1, -0.05) is 0 Å². The minimum atomic E-state index is -3.39. The van der Waals surface area contributed by atoms with Crippen molar-refractivity contribution in [3.63, 3.8) is 0 Å². The van der Waals surface area contributed by atoms with Crippen molar-refractivity contribution in [2.75, 3.05) is 17.5 Å². The fraction of sp³-hybridized carbons (Fsp3) is 0.545. The highest BCUT2D eigenvalue weighted by Gasteiger charge is 2.50. The van der Waals surface area contributed by atoms with Crippen molar-refractivity contribution in [3.8, 4) is 0 Å². The van der Waals surface area contributed by atoms with Gasteiger partial charge in [-0.15, -0.1) is 11.3 Å². The molecule has 1 amide bonds. The summed E-state index contributed by atoms with van der Waals surface area (Å²) in [5.41, 5.74) is -0.371. The number of aromatic nitrogens is 1. The van der Waals surface area contributed by atoms with Gasteiger partial charge < -0.3 is 10.4 Å². The van der Waals surface area contributed by atoms with Gasteiger partial charge in [0.25, 0.3) is 0 Å². The Hall–Kier alpha value is -1.68. The molecule has 0 bridgehead atoms. The summed E-state index contributed by atoms with van der Waals surface area (Å²) in [6, 6.07) is 0. The van der Waals surface area contributed by atoms with Gasteiger partial charge in [-0.25, -0.2) is 13.4 Å². The molecule has 8 nitrogen and oxygen atoms in total. The monoisotopic (exact) mass is 333 g/mol. The molecule has 2 rings (SSSR count). The Bertz CT molecular complexity index is 663. The maximum Gasteiger partial charge on any atom is 0.311 e. The lowest BCUT2D eigenvalue weighted by Gasteiger charge is -2.10. The molecule has 0 atom stereocenters. The van der Waals surface area contributed by atoms with Gasteiger partial charge in [-0.3, -0.25) is 14.3 Å². The van der Waals surface area contributed by atoms with E-state index >= 15 is 0 Å². The van der Waals surface area contributed by atoms with E-state index in [1.165, 1.54) is 0 Å². The average Bonchev–Trinajstić information content (AvgIpc) is 3.03. The smallest absolute Gasteiger partial charge is 0.311 e. The summed E-state index contributed by atoms with van der Waals surface area (Å²) in [4.78, 5) is 26.7. The number of nitrogens with zero attached hydrogens (tertiary/aromatic N) is 1. The number of hydrogen-bond acceptors (Lipinski definition) is 6. The number of carbonyl (C=O) groups is 2. The van der Waals surface area contributed by atoms with Crippen molar-refractivity contribution in [2.45, 2.75) is 19.3 Å². The first-order valence-electron chi connectivity index (χ1n) is 6.12. The zero-order valence-electron chi connectivity index (χ0n) is 11.2. The lowest BCUT2D eigenvalue weighted by molar-refractivity contribution is -0.143. The SMILES string of the molecule is CS(=O)(=O)Nc1nc(CC(=O)NCC2(C(=O)O)CC2)cs1. The van der Waals surface area contributed by atoms with Crippen LogP contribution in [-0.4, -0.2) is 43.2 Å². The van der Waals surface area contributed by atoms with E-state index in [-0.39, 0.29) is 24.0 Å². The predicted octanol–water partition coefficient (Wildman–Crippen LogP) is 0.0381. The van der Waals surface area contributed by atoms with Gasteiger partial charge >= 0.3 is 5.97 Å². The van der Waals surface area contributed by atoms with Crippen molar-refractivity contribution < 1.29 is 23.1 Å². The Balaban J connectivity index is 1.84. The maximum absolute atomic E-state index is 11.7. The molecule has 1 aliphatic rings. The zero-order chi connectivity index (χ0) is 15.7. The number of anilines is 1. The quantitative estimate of drug-likeness (QED) is 0.647. The third-order valence-electron chi connectivity index (χ3n) is 3.10. The van der Waals surface area contributed by atoms with Crippen molar-refractivity contribution in [3.05, 3.63) is 11.1 Å². The van der Waals surface area contributed by atoms with Gasteiger partial charge in [0.05, 0.1) is 23.8 Å². The second-order valence-corrected chi connectivity index (χ2v) is 7.66.